The average molecular weight is 295 g/mol. The quantitative estimate of drug-likeness (QED) is 0.943. The summed E-state index contributed by atoms with van der Waals surface area (Å²) in [5, 5.41) is 2.93. The highest BCUT2D eigenvalue weighted by molar-refractivity contribution is 5.93. The molecule has 114 valence electrons. The molecule has 22 heavy (non-hydrogen) atoms. The maximum absolute atomic E-state index is 12.0. The Morgan fingerprint density at radius 2 is 1.68 bits per heavy atom. The predicted molar refractivity (Wildman–Crippen MR) is 87.9 cm³/mol. The number of hydrogen-bond acceptors (Lipinski definition) is 3. The number of benzene rings is 1. The number of carbonyl (C=O) groups is 1. The van der Waals surface area contributed by atoms with Crippen LogP contribution in [0.3, 0.4) is 0 Å². The Kier molecular flexibility index (Phi) is 4.68. The molecule has 1 amide bonds. The number of piperidine rings is 1. The van der Waals surface area contributed by atoms with Crippen molar-refractivity contribution in [2.24, 2.45) is 0 Å². The summed E-state index contributed by atoms with van der Waals surface area (Å²) in [6.07, 6.45) is 7.16. The van der Waals surface area contributed by atoms with Gasteiger partial charge in [0, 0.05) is 43.3 Å². The first kappa shape index (κ1) is 14.6. The number of pyridine rings is 1. The molecule has 1 N–H and O–H groups in total. The third-order valence-corrected chi connectivity index (χ3v) is 4.05. The van der Waals surface area contributed by atoms with Crippen molar-refractivity contribution in [1.82, 2.24) is 10.3 Å². The van der Waals surface area contributed by atoms with Gasteiger partial charge in [-0.3, -0.25) is 9.78 Å². The van der Waals surface area contributed by atoms with Crippen molar-refractivity contribution in [3.05, 3.63) is 59.9 Å². The van der Waals surface area contributed by atoms with Gasteiger partial charge in [0.1, 0.15) is 0 Å². The van der Waals surface area contributed by atoms with Gasteiger partial charge < -0.3 is 10.2 Å². The lowest BCUT2D eigenvalue weighted by molar-refractivity contribution is 0.0951. The van der Waals surface area contributed by atoms with E-state index < -0.39 is 0 Å². The second kappa shape index (κ2) is 7.07. The van der Waals surface area contributed by atoms with E-state index in [1.165, 1.54) is 24.9 Å². The molecule has 1 saturated heterocycles. The minimum absolute atomic E-state index is 0.0671. The molecule has 1 fully saturated rings. The summed E-state index contributed by atoms with van der Waals surface area (Å²) in [6.45, 7) is 2.84. The summed E-state index contributed by atoms with van der Waals surface area (Å²) >= 11 is 0. The number of amides is 1. The molecule has 0 aliphatic carbocycles. The largest absolute Gasteiger partial charge is 0.372 e. The zero-order valence-electron chi connectivity index (χ0n) is 12.7. The van der Waals surface area contributed by atoms with Gasteiger partial charge in [0.2, 0.25) is 0 Å². The van der Waals surface area contributed by atoms with Crippen molar-refractivity contribution in [3.63, 3.8) is 0 Å². The van der Waals surface area contributed by atoms with Crippen LogP contribution in [0.2, 0.25) is 0 Å². The third kappa shape index (κ3) is 3.64. The summed E-state index contributed by atoms with van der Waals surface area (Å²) in [6, 6.07) is 11.9. The maximum Gasteiger partial charge on any atom is 0.251 e. The molecule has 4 nitrogen and oxygen atoms in total. The molecule has 0 atom stereocenters. The monoisotopic (exact) mass is 295 g/mol. The van der Waals surface area contributed by atoms with E-state index in [9.17, 15) is 4.79 Å². The van der Waals surface area contributed by atoms with Crippen LogP contribution in [0.4, 0.5) is 5.69 Å². The summed E-state index contributed by atoms with van der Waals surface area (Å²) < 4.78 is 0. The molecular weight excluding hydrogens is 274 g/mol. The second-order valence-corrected chi connectivity index (χ2v) is 5.63. The molecule has 1 aliphatic heterocycles. The van der Waals surface area contributed by atoms with Crippen molar-refractivity contribution < 1.29 is 4.79 Å². The standard InChI is InChI=1S/C18H21N3O/c22-18(16-8-10-19-11-9-16)20-14-15-4-6-17(7-5-15)21-12-2-1-3-13-21/h4-11H,1-3,12-14H2,(H,20,22). The van der Waals surface area contributed by atoms with E-state index in [2.05, 4.69) is 39.5 Å². The first-order chi connectivity index (χ1) is 10.8. The van der Waals surface area contributed by atoms with Gasteiger partial charge in [0.15, 0.2) is 0 Å². The minimum Gasteiger partial charge on any atom is -0.372 e. The molecule has 0 unspecified atom stereocenters. The number of nitrogens with one attached hydrogen (secondary N) is 1. The van der Waals surface area contributed by atoms with Gasteiger partial charge in [-0.2, -0.15) is 0 Å². The Labute approximate surface area is 131 Å². The Bertz CT molecular complexity index is 604. The molecule has 0 spiro atoms. The number of anilines is 1. The smallest absolute Gasteiger partial charge is 0.251 e. The molecule has 2 heterocycles. The lowest BCUT2D eigenvalue weighted by atomic mass is 10.1. The topological polar surface area (TPSA) is 45.2 Å². The van der Waals surface area contributed by atoms with Crippen LogP contribution < -0.4 is 10.2 Å². The summed E-state index contributed by atoms with van der Waals surface area (Å²) in [7, 11) is 0. The van der Waals surface area contributed by atoms with Gasteiger partial charge in [0.05, 0.1) is 0 Å². The van der Waals surface area contributed by atoms with Crippen LogP contribution in [-0.2, 0) is 6.54 Å². The normalized spacial score (nSPS) is 14.6. The lowest BCUT2D eigenvalue weighted by Crippen LogP contribution is -2.29. The van der Waals surface area contributed by atoms with E-state index in [-0.39, 0.29) is 5.91 Å². The number of hydrogen-bond donors (Lipinski definition) is 1. The molecule has 0 saturated carbocycles. The molecule has 0 radical (unpaired) electrons. The first-order valence-corrected chi connectivity index (χ1v) is 7.85. The molecule has 0 bridgehead atoms. The van der Waals surface area contributed by atoms with E-state index in [4.69, 9.17) is 0 Å². The van der Waals surface area contributed by atoms with Crippen molar-refractivity contribution in [1.29, 1.82) is 0 Å². The highest BCUT2D eigenvalue weighted by Gasteiger charge is 2.10. The summed E-state index contributed by atoms with van der Waals surface area (Å²) in [5.41, 5.74) is 3.03. The average Bonchev–Trinajstić information content (AvgIpc) is 2.61. The lowest BCUT2D eigenvalue weighted by Gasteiger charge is -2.28. The van der Waals surface area contributed by atoms with Crippen molar-refractivity contribution in [3.8, 4) is 0 Å². The number of carbonyl (C=O) groups excluding carboxylic acids is 1. The number of rotatable bonds is 4. The van der Waals surface area contributed by atoms with Crippen LogP contribution in [-0.4, -0.2) is 24.0 Å². The highest BCUT2D eigenvalue weighted by atomic mass is 16.1. The van der Waals surface area contributed by atoms with Crippen LogP contribution in [0.1, 0.15) is 35.2 Å². The Morgan fingerprint density at radius 1 is 1.00 bits per heavy atom. The third-order valence-electron chi connectivity index (χ3n) is 4.05. The van der Waals surface area contributed by atoms with Crippen LogP contribution in [0, 0.1) is 0 Å². The Hall–Kier alpha value is -2.36. The second-order valence-electron chi connectivity index (χ2n) is 5.63. The van der Waals surface area contributed by atoms with Crippen molar-refractivity contribution in [2.75, 3.05) is 18.0 Å². The molecular formula is C18H21N3O. The molecule has 1 aromatic carbocycles. The van der Waals surface area contributed by atoms with E-state index in [0.717, 1.165) is 18.7 Å². The van der Waals surface area contributed by atoms with E-state index in [0.29, 0.717) is 12.1 Å². The predicted octanol–water partition coefficient (Wildman–Crippen LogP) is 3.00. The van der Waals surface area contributed by atoms with Gasteiger partial charge in [-0.25, -0.2) is 0 Å². The highest BCUT2D eigenvalue weighted by Crippen LogP contribution is 2.20. The van der Waals surface area contributed by atoms with Crippen molar-refractivity contribution >= 4 is 11.6 Å². The van der Waals surface area contributed by atoms with Gasteiger partial charge in [-0.05, 0) is 49.1 Å². The molecule has 2 aromatic rings. The minimum atomic E-state index is -0.0671. The zero-order valence-corrected chi connectivity index (χ0v) is 12.7. The van der Waals surface area contributed by atoms with Crippen LogP contribution in [0.15, 0.2) is 48.8 Å². The van der Waals surface area contributed by atoms with E-state index >= 15 is 0 Å². The molecule has 1 aliphatic rings. The van der Waals surface area contributed by atoms with Crippen molar-refractivity contribution in [2.45, 2.75) is 25.8 Å². The fourth-order valence-corrected chi connectivity index (χ4v) is 2.76. The molecule has 1 aromatic heterocycles. The first-order valence-electron chi connectivity index (χ1n) is 7.85. The Balaban J connectivity index is 1.56. The van der Waals surface area contributed by atoms with Crippen LogP contribution in [0.5, 0.6) is 0 Å². The molecule has 4 heteroatoms. The fourth-order valence-electron chi connectivity index (χ4n) is 2.76. The van der Waals surface area contributed by atoms with Gasteiger partial charge in [-0.1, -0.05) is 12.1 Å². The maximum atomic E-state index is 12.0. The van der Waals surface area contributed by atoms with Gasteiger partial charge >= 0.3 is 0 Å². The van der Waals surface area contributed by atoms with Gasteiger partial charge in [-0.15, -0.1) is 0 Å². The number of aromatic nitrogens is 1. The Morgan fingerprint density at radius 3 is 2.36 bits per heavy atom. The van der Waals surface area contributed by atoms with Gasteiger partial charge in [0.25, 0.3) is 5.91 Å². The summed E-state index contributed by atoms with van der Waals surface area (Å²) in [4.78, 5) is 18.3. The fraction of sp³-hybridized carbons (Fsp3) is 0.333. The SMILES string of the molecule is O=C(NCc1ccc(N2CCCCC2)cc1)c1ccncc1. The number of nitrogens with zero attached hydrogens (tertiary/aromatic N) is 2. The van der Waals surface area contributed by atoms with E-state index in [1.807, 2.05) is 0 Å². The molecule has 3 rings (SSSR count). The van der Waals surface area contributed by atoms with Crippen LogP contribution in [0.25, 0.3) is 0 Å². The summed E-state index contributed by atoms with van der Waals surface area (Å²) in [5.74, 6) is -0.0671. The van der Waals surface area contributed by atoms with Crippen LogP contribution >= 0.6 is 0 Å². The van der Waals surface area contributed by atoms with E-state index in [1.54, 1.807) is 24.5 Å². The zero-order chi connectivity index (χ0) is 15.2.